The fraction of sp³-hybridized carbons (Fsp3) is 0.310. The van der Waals surface area contributed by atoms with E-state index in [0.717, 1.165) is 40.4 Å². The van der Waals surface area contributed by atoms with Crippen molar-refractivity contribution in [3.8, 4) is 0 Å². The summed E-state index contributed by atoms with van der Waals surface area (Å²) in [7, 11) is -4.23. The first kappa shape index (κ1) is 28.8. The van der Waals surface area contributed by atoms with Crippen LogP contribution >= 0.6 is 0 Å². The van der Waals surface area contributed by atoms with Crippen LogP contribution < -0.4 is 9.62 Å². The predicted octanol–water partition coefficient (Wildman–Crippen LogP) is 4.66. The lowest BCUT2D eigenvalue weighted by atomic mass is 10.1. The summed E-state index contributed by atoms with van der Waals surface area (Å²) in [6, 6.07) is 19.6. The molecule has 0 radical (unpaired) electrons. The van der Waals surface area contributed by atoms with Crippen molar-refractivity contribution < 1.29 is 22.4 Å². The van der Waals surface area contributed by atoms with Gasteiger partial charge in [-0.05, 0) is 62.2 Å². The van der Waals surface area contributed by atoms with E-state index < -0.39 is 34.3 Å². The zero-order valence-corrected chi connectivity index (χ0v) is 22.7. The molecular weight excluding hydrogens is 505 g/mol. The Balaban J connectivity index is 1.97. The van der Waals surface area contributed by atoms with Gasteiger partial charge in [-0.25, -0.2) is 12.8 Å². The third-order valence-corrected chi connectivity index (χ3v) is 7.98. The Morgan fingerprint density at radius 3 is 2.18 bits per heavy atom. The van der Waals surface area contributed by atoms with Crippen LogP contribution in [0.4, 0.5) is 10.1 Å². The van der Waals surface area contributed by atoms with E-state index >= 15 is 0 Å². The smallest absolute Gasteiger partial charge is 0.264 e. The van der Waals surface area contributed by atoms with Crippen molar-refractivity contribution in [1.29, 1.82) is 0 Å². The molecule has 1 unspecified atom stereocenters. The maximum Gasteiger partial charge on any atom is 0.264 e. The lowest BCUT2D eigenvalue weighted by molar-refractivity contribution is -0.139. The van der Waals surface area contributed by atoms with E-state index in [0.29, 0.717) is 6.54 Å². The fourth-order valence-electron chi connectivity index (χ4n) is 3.87. The standard InChI is InChI=1S/C29H34FN3O4S/c1-4-5-19-31-29(35)23(3)32(20-24-9-7-6-8-10-24)28(34)21-33(26-15-11-22(2)12-16-26)38(36,37)27-17-13-25(30)14-18-27/h6-18,23H,4-5,19-21H2,1-3H3,(H,31,35). The quantitative estimate of drug-likeness (QED) is 0.339. The summed E-state index contributed by atoms with van der Waals surface area (Å²) in [5.74, 6) is -1.43. The molecule has 0 aromatic heterocycles. The molecule has 3 aromatic rings. The van der Waals surface area contributed by atoms with Gasteiger partial charge in [-0.15, -0.1) is 0 Å². The van der Waals surface area contributed by atoms with Crippen LogP contribution in [0, 0.1) is 12.7 Å². The first-order chi connectivity index (χ1) is 18.1. The molecule has 38 heavy (non-hydrogen) atoms. The van der Waals surface area contributed by atoms with Gasteiger partial charge >= 0.3 is 0 Å². The van der Waals surface area contributed by atoms with E-state index in [1.807, 2.05) is 44.2 Å². The minimum absolute atomic E-state index is 0.125. The van der Waals surface area contributed by atoms with Gasteiger partial charge in [0.2, 0.25) is 11.8 Å². The van der Waals surface area contributed by atoms with Gasteiger partial charge in [0, 0.05) is 13.1 Å². The second-order valence-corrected chi connectivity index (χ2v) is 11.0. The molecule has 0 fully saturated rings. The molecule has 0 aliphatic carbocycles. The Hall–Kier alpha value is -3.72. The number of nitrogens with zero attached hydrogens (tertiary/aromatic N) is 2. The number of unbranched alkanes of at least 4 members (excludes halogenated alkanes) is 1. The zero-order valence-electron chi connectivity index (χ0n) is 21.9. The lowest BCUT2D eigenvalue weighted by Crippen LogP contribution is -2.51. The second-order valence-electron chi connectivity index (χ2n) is 9.13. The number of hydrogen-bond acceptors (Lipinski definition) is 4. The molecule has 9 heteroatoms. The first-order valence-electron chi connectivity index (χ1n) is 12.6. The van der Waals surface area contributed by atoms with Crippen LogP contribution in [0.25, 0.3) is 0 Å². The number of carbonyl (C=O) groups excluding carboxylic acids is 2. The predicted molar refractivity (Wildman–Crippen MR) is 146 cm³/mol. The highest BCUT2D eigenvalue weighted by molar-refractivity contribution is 7.92. The number of halogens is 1. The average Bonchev–Trinajstić information content (AvgIpc) is 2.91. The van der Waals surface area contributed by atoms with E-state index in [1.165, 1.54) is 17.0 Å². The zero-order chi connectivity index (χ0) is 27.7. The molecule has 0 spiro atoms. The fourth-order valence-corrected chi connectivity index (χ4v) is 5.29. The Kier molecular flexibility index (Phi) is 10.0. The number of amides is 2. The van der Waals surface area contributed by atoms with Crippen LogP contribution in [-0.4, -0.2) is 44.3 Å². The topological polar surface area (TPSA) is 86.8 Å². The van der Waals surface area contributed by atoms with Crippen molar-refractivity contribution >= 4 is 27.5 Å². The number of sulfonamides is 1. The van der Waals surface area contributed by atoms with Crippen molar-refractivity contribution in [3.05, 3.63) is 95.8 Å². The molecule has 1 N–H and O–H groups in total. The van der Waals surface area contributed by atoms with Gasteiger partial charge in [-0.1, -0.05) is 61.4 Å². The molecule has 3 aromatic carbocycles. The molecule has 1 atom stereocenters. The van der Waals surface area contributed by atoms with E-state index in [-0.39, 0.29) is 23.0 Å². The minimum Gasteiger partial charge on any atom is -0.354 e. The van der Waals surface area contributed by atoms with Crippen LogP contribution in [0.1, 0.15) is 37.8 Å². The highest BCUT2D eigenvalue weighted by atomic mass is 32.2. The molecule has 0 saturated carbocycles. The van der Waals surface area contributed by atoms with Crippen molar-refractivity contribution in [3.63, 3.8) is 0 Å². The number of nitrogens with one attached hydrogen (secondary N) is 1. The number of carbonyl (C=O) groups is 2. The van der Waals surface area contributed by atoms with Crippen LogP contribution in [0.2, 0.25) is 0 Å². The summed E-state index contributed by atoms with van der Waals surface area (Å²) >= 11 is 0. The molecule has 0 aliphatic rings. The van der Waals surface area contributed by atoms with Crippen molar-refractivity contribution in [2.24, 2.45) is 0 Å². The number of rotatable bonds is 12. The Morgan fingerprint density at radius 1 is 0.947 bits per heavy atom. The monoisotopic (exact) mass is 539 g/mol. The van der Waals surface area contributed by atoms with E-state index in [4.69, 9.17) is 0 Å². The second kappa shape index (κ2) is 13.2. The average molecular weight is 540 g/mol. The first-order valence-corrected chi connectivity index (χ1v) is 14.0. The highest BCUT2D eigenvalue weighted by Gasteiger charge is 2.32. The maximum atomic E-state index is 13.8. The largest absolute Gasteiger partial charge is 0.354 e. The van der Waals surface area contributed by atoms with Crippen molar-refractivity contribution in [2.45, 2.75) is 51.1 Å². The van der Waals surface area contributed by atoms with Gasteiger partial charge in [0.05, 0.1) is 10.6 Å². The SMILES string of the molecule is CCCCNC(=O)C(C)N(Cc1ccccc1)C(=O)CN(c1ccc(C)cc1)S(=O)(=O)c1ccc(F)cc1. The summed E-state index contributed by atoms with van der Waals surface area (Å²) in [5, 5.41) is 2.86. The minimum atomic E-state index is -4.23. The molecule has 0 heterocycles. The van der Waals surface area contributed by atoms with Gasteiger partial charge in [0.15, 0.2) is 0 Å². The summed E-state index contributed by atoms with van der Waals surface area (Å²) in [4.78, 5) is 28.0. The van der Waals surface area contributed by atoms with E-state index in [1.54, 1.807) is 31.2 Å². The Labute approximate surface area is 224 Å². The number of benzene rings is 3. The van der Waals surface area contributed by atoms with Crippen LogP contribution in [0.15, 0.2) is 83.8 Å². The van der Waals surface area contributed by atoms with Gasteiger partial charge < -0.3 is 10.2 Å². The van der Waals surface area contributed by atoms with Gasteiger partial charge in [-0.3, -0.25) is 13.9 Å². The molecule has 3 rings (SSSR count). The molecule has 202 valence electrons. The molecule has 7 nitrogen and oxygen atoms in total. The van der Waals surface area contributed by atoms with Gasteiger partial charge in [0.25, 0.3) is 10.0 Å². The highest BCUT2D eigenvalue weighted by Crippen LogP contribution is 2.25. The van der Waals surface area contributed by atoms with Crippen LogP contribution in [0.5, 0.6) is 0 Å². The van der Waals surface area contributed by atoms with E-state index in [2.05, 4.69) is 5.32 Å². The molecule has 2 amide bonds. The normalized spacial score (nSPS) is 12.0. The molecule has 0 bridgehead atoms. The van der Waals surface area contributed by atoms with Crippen molar-refractivity contribution in [2.75, 3.05) is 17.4 Å². The number of anilines is 1. The maximum absolute atomic E-state index is 13.8. The molecular formula is C29H34FN3O4S. The van der Waals surface area contributed by atoms with Crippen molar-refractivity contribution in [1.82, 2.24) is 10.2 Å². The summed E-state index contributed by atoms with van der Waals surface area (Å²) < 4.78 is 41.9. The third-order valence-electron chi connectivity index (χ3n) is 6.20. The lowest BCUT2D eigenvalue weighted by Gasteiger charge is -2.32. The number of hydrogen-bond donors (Lipinski definition) is 1. The summed E-state index contributed by atoms with van der Waals surface area (Å²) in [6.45, 7) is 5.59. The van der Waals surface area contributed by atoms with E-state index in [9.17, 15) is 22.4 Å². The Morgan fingerprint density at radius 2 is 1.58 bits per heavy atom. The molecule has 0 aliphatic heterocycles. The summed E-state index contributed by atoms with van der Waals surface area (Å²) in [5.41, 5.74) is 2.01. The Bertz CT molecular complexity index is 1310. The summed E-state index contributed by atoms with van der Waals surface area (Å²) in [6.07, 6.45) is 1.72. The van der Waals surface area contributed by atoms with Crippen LogP contribution in [-0.2, 0) is 26.2 Å². The molecule has 0 saturated heterocycles. The van der Waals surface area contributed by atoms with Gasteiger partial charge in [0.1, 0.15) is 18.4 Å². The van der Waals surface area contributed by atoms with Crippen LogP contribution in [0.3, 0.4) is 0 Å². The van der Waals surface area contributed by atoms with Gasteiger partial charge in [-0.2, -0.15) is 0 Å². The number of aryl methyl sites for hydroxylation is 1. The third kappa shape index (κ3) is 7.41.